The predicted octanol–water partition coefficient (Wildman–Crippen LogP) is 16.6. The van der Waals surface area contributed by atoms with Crippen LogP contribution in [0.25, 0.3) is 0 Å². The van der Waals surface area contributed by atoms with Crippen LogP contribution in [-0.4, -0.2) is 87.4 Å². The maximum absolute atomic E-state index is 12.8. The maximum Gasteiger partial charge on any atom is 0.361 e. The number of carbonyl (C=O) groups is 3. The molecule has 0 fully saturated rings. The third-order valence-corrected chi connectivity index (χ3v) is 10.7. The molecule has 0 aromatic carbocycles. The molecule has 75 heavy (non-hydrogen) atoms. The van der Waals surface area contributed by atoms with Gasteiger partial charge in [0, 0.05) is 6.42 Å². The fourth-order valence-corrected chi connectivity index (χ4v) is 6.46. The molecule has 0 aromatic heterocycles. The number of rotatable bonds is 48. The lowest BCUT2D eigenvalue weighted by molar-refractivity contribution is -0.870. The molecular formula is C66H100NO8+. The van der Waals surface area contributed by atoms with Gasteiger partial charge < -0.3 is 28.5 Å². The highest BCUT2D eigenvalue weighted by Crippen LogP contribution is 2.11. The molecule has 1 N–H and O–H groups in total. The summed E-state index contributed by atoms with van der Waals surface area (Å²) in [7, 11) is 5.91. The number of allylic oxidation sites excluding steroid dienone is 29. The molecule has 0 radical (unpaired) electrons. The molecule has 0 saturated heterocycles. The summed E-state index contributed by atoms with van der Waals surface area (Å²) in [6, 6.07) is 0. The molecule has 0 aliphatic carbocycles. The Balaban J connectivity index is 4.40. The van der Waals surface area contributed by atoms with Crippen molar-refractivity contribution in [3.05, 3.63) is 182 Å². The summed E-state index contributed by atoms with van der Waals surface area (Å²) in [6.45, 7) is 4.45. The molecule has 2 atom stereocenters. The van der Waals surface area contributed by atoms with Gasteiger partial charge in [-0.1, -0.05) is 209 Å². The van der Waals surface area contributed by atoms with Crippen LogP contribution in [0.15, 0.2) is 182 Å². The van der Waals surface area contributed by atoms with Gasteiger partial charge in [0.1, 0.15) is 13.2 Å². The summed E-state index contributed by atoms with van der Waals surface area (Å²) in [4.78, 5) is 37.2. The third-order valence-electron chi connectivity index (χ3n) is 10.7. The van der Waals surface area contributed by atoms with Crippen molar-refractivity contribution in [2.24, 2.45) is 0 Å². The summed E-state index contributed by atoms with van der Waals surface area (Å²) in [5, 5.41) is 9.67. The number of likely N-dealkylation sites (N-methyl/N-ethyl adjacent to an activating group) is 1. The van der Waals surface area contributed by atoms with Gasteiger partial charge in [0.2, 0.25) is 0 Å². The number of ether oxygens (including phenoxy) is 4. The Morgan fingerprint density at radius 1 is 0.413 bits per heavy atom. The number of unbranched alkanes of at least 4 members (excludes halogenated alkanes) is 4. The van der Waals surface area contributed by atoms with Crippen molar-refractivity contribution in [2.75, 3.05) is 47.5 Å². The van der Waals surface area contributed by atoms with Crippen molar-refractivity contribution in [1.29, 1.82) is 0 Å². The van der Waals surface area contributed by atoms with E-state index in [4.69, 9.17) is 18.9 Å². The molecule has 0 rings (SSSR count). The topological polar surface area (TPSA) is 108 Å². The first-order valence-corrected chi connectivity index (χ1v) is 27.9. The van der Waals surface area contributed by atoms with Gasteiger partial charge in [-0.05, 0) is 116 Å². The van der Waals surface area contributed by atoms with Crippen LogP contribution in [0, 0.1) is 0 Å². The van der Waals surface area contributed by atoms with Crippen molar-refractivity contribution in [1.82, 2.24) is 0 Å². The van der Waals surface area contributed by atoms with Crippen LogP contribution in [0.3, 0.4) is 0 Å². The van der Waals surface area contributed by atoms with Gasteiger partial charge in [0.25, 0.3) is 6.29 Å². The van der Waals surface area contributed by atoms with E-state index >= 15 is 0 Å². The van der Waals surface area contributed by atoms with E-state index in [9.17, 15) is 19.5 Å². The van der Waals surface area contributed by atoms with Crippen molar-refractivity contribution < 1.29 is 42.9 Å². The van der Waals surface area contributed by atoms with Crippen LogP contribution in [-0.2, 0) is 33.3 Å². The summed E-state index contributed by atoms with van der Waals surface area (Å²) in [6.07, 6.45) is 81.5. The molecule has 0 saturated carbocycles. The third kappa shape index (κ3) is 56.0. The SMILES string of the molecule is CC/C=C\C/C=C\C/C=C\C/C=C\C/C=C\C/C=C\C/C=C\C/C=C\C/C=C\C/C=C\CCCCCCC(=O)OC(COC(=O)C/C=C\C/C=C\C/C=C\C/C=C\C/C=C\CC)COC(OCC[N+](C)(C)C)C(=O)O. The number of nitrogens with zero attached hydrogens (tertiary/aromatic N) is 1. The normalized spacial score (nSPS) is 14.2. The predicted molar refractivity (Wildman–Crippen MR) is 317 cm³/mol. The van der Waals surface area contributed by atoms with Gasteiger partial charge in [0.15, 0.2) is 6.10 Å². The van der Waals surface area contributed by atoms with Crippen molar-refractivity contribution >= 4 is 17.9 Å². The fraction of sp³-hybridized carbons (Fsp3) is 0.500. The van der Waals surface area contributed by atoms with Crippen molar-refractivity contribution in [3.63, 3.8) is 0 Å². The van der Waals surface area contributed by atoms with Gasteiger partial charge in [-0.15, -0.1) is 0 Å². The molecule has 0 spiro atoms. The number of esters is 2. The van der Waals surface area contributed by atoms with E-state index in [1.54, 1.807) is 6.08 Å². The molecule has 0 aliphatic heterocycles. The van der Waals surface area contributed by atoms with Crippen LogP contribution in [0.1, 0.15) is 155 Å². The maximum atomic E-state index is 12.8. The Labute approximate surface area is 456 Å². The highest BCUT2D eigenvalue weighted by atomic mass is 16.7. The van der Waals surface area contributed by atoms with Crippen molar-refractivity contribution in [3.8, 4) is 0 Å². The second-order valence-corrected chi connectivity index (χ2v) is 18.8. The molecule has 416 valence electrons. The van der Waals surface area contributed by atoms with Crippen LogP contribution in [0.2, 0.25) is 0 Å². The lowest BCUT2D eigenvalue weighted by atomic mass is 10.1. The molecule has 0 amide bonds. The average molecular weight is 1040 g/mol. The lowest BCUT2D eigenvalue weighted by Gasteiger charge is -2.25. The number of carbonyl (C=O) groups excluding carboxylic acids is 2. The zero-order chi connectivity index (χ0) is 54.8. The van der Waals surface area contributed by atoms with Gasteiger partial charge in [-0.3, -0.25) is 9.59 Å². The lowest BCUT2D eigenvalue weighted by Crippen LogP contribution is -2.40. The number of hydrogen-bond donors (Lipinski definition) is 1. The first-order valence-electron chi connectivity index (χ1n) is 27.9. The number of aliphatic carboxylic acids is 1. The highest BCUT2D eigenvalue weighted by Gasteiger charge is 2.25. The summed E-state index contributed by atoms with van der Waals surface area (Å²) < 4.78 is 22.6. The number of quaternary nitrogens is 1. The Morgan fingerprint density at radius 3 is 1.12 bits per heavy atom. The monoisotopic (exact) mass is 1030 g/mol. The standard InChI is InChI=1S/C66H99NO8/c1-6-8-10-12-14-16-18-20-22-23-24-25-26-27-28-29-30-31-32-33-34-35-36-37-38-39-40-41-43-45-47-49-51-53-55-57-64(69)75-62(61-74-66(65(70)71)72-59-58-67(3,4)5)60-73-63(68)56-54-52-50-48-46-44-42-21-19-17-15-13-11-9-7-2/h8-11,14-17,20-22,24-25,27-28,30-31,33-34,36-37,39-40,42-43,45-46,48,52,54,62,66H,6-7,12-13,18-19,23,26,29,32,35,38,41,44,47,49-51,53,55-61H2,1-5H3/p+1/b10-8-,11-9-,16-14-,17-15-,22-20-,25-24-,28-27-,31-30-,34-33-,37-36-,40-39-,42-21-,45-43-,48-46-,54-52-. The molecule has 9 heteroatoms. The minimum Gasteiger partial charge on any atom is -0.477 e. The van der Waals surface area contributed by atoms with Gasteiger partial charge in [-0.2, -0.15) is 0 Å². The second-order valence-electron chi connectivity index (χ2n) is 18.8. The Morgan fingerprint density at radius 2 is 0.760 bits per heavy atom. The number of carboxylic acid groups (broad SMARTS) is 1. The fourth-order valence-electron chi connectivity index (χ4n) is 6.46. The van der Waals surface area contributed by atoms with Gasteiger partial charge >= 0.3 is 17.9 Å². The molecule has 9 nitrogen and oxygen atoms in total. The smallest absolute Gasteiger partial charge is 0.361 e. The molecule has 0 heterocycles. The van der Waals surface area contributed by atoms with E-state index in [0.717, 1.165) is 116 Å². The van der Waals surface area contributed by atoms with Crippen LogP contribution in [0.4, 0.5) is 0 Å². The molecule has 0 aliphatic rings. The van der Waals surface area contributed by atoms with Crippen LogP contribution >= 0.6 is 0 Å². The quantitative estimate of drug-likeness (QED) is 0.0211. The van der Waals surface area contributed by atoms with E-state index < -0.39 is 30.3 Å². The highest BCUT2D eigenvalue weighted by molar-refractivity contribution is 5.72. The molecular weight excluding hydrogens is 935 g/mol. The second kappa shape index (κ2) is 54.6. The number of hydrogen-bond acceptors (Lipinski definition) is 7. The molecule has 0 aromatic rings. The summed E-state index contributed by atoms with van der Waals surface area (Å²) >= 11 is 0. The zero-order valence-electron chi connectivity index (χ0n) is 47.1. The van der Waals surface area contributed by atoms with Crippen LogP contribution < -0.4 is 0 Å². The van der Waals surface area contributed by atoms with Gasteiger partial charge in [0.05, 0.1) is 40.8 Å². The minimum atomic E-state index is -1.55. The van der Waals surface area contributed by atoms with E-state index in [1.807, 2.05) is 33.3 Å². The van der Waals surface area contributed by atoms with E-state index in [1.165, 1.54) is 0 Å². The Hall–Kier alpha value is -5.61. The minimum absolute atomic E-state index is 0.0523. The molecule has 2 unspecified atom stereocenters. The molecule has 0 bridgehead atoms. The first kappa shape index (κ1) is 69.4. The van der Waals surface area contributed by atoms with E-state index in [2.05, 4.69) is 178 Å². The van der Waals surface area contributed by atoms with E-state index in [0.29, 0.717) is 23.9 Å². The number of carboxylic acids is 1. The van der Waals surface area contributed by atoms with E-state index in [-0.39, 0.29) is 32.7 Å². The zero-order valence-corrected chi connectivity index (χ0v) is 47.1. The Bertz CT molecular complexity index is 1870. The summed E-state index contributed by atoms with van der Waals surface area (Å²) in [5.74, 6) is -2.23. The summed E-state index contributed by atoms with van der Waals surface area (Å²) in [5.41, 5.74) is 0. The van der Waals surface area contributed by atoms with Crippen molar-refractivity contribution in [2.45, 2.75) is 167 Å². The van der Waals surface area contributed by atoms with Gasteiger partial charge in [-0.25, -0.2) is 4.79 Å². The largest absolute Gasteiger partial charge is 0.477 e. The Kier molecular flexibility index (Phi) is 50.6. The average Bonchev–Trinajstić information content (AvgIpc) is 3.38. The van der Waals surface area contributed by atoms with Crippen LogP contribution in [0.5, 0.6) is 0 Å². The first-order chi connectivity index (χ1) is 36.6.